The summed E-state index contributed by atoms with van der Waals surface area (Å²) in [5.41, 5.74) is 0. The number of hydrogen-bond acceptors (Lipinski definition) is 9. The van der Waals surface area contributed by atoms with E-state index in [1.807, 2.05) is 0 Å². The molecule has 0 aliphatic carbocycles. The van der Waals surface area contributed by atoms with Crippen molar-refractivity contribution in [2.45, 2.75) is 221 Å². The van der Waals surface area contributed by atoms with Gasteiger partial charge in [-0.2, -0.15) is 0 Å². The summed E-state index contributed by atoms with van der Waals surface area (Å²) in [7, 11) is 0. The summed E-state index contributed by atoms with van der Waals surface area (Å²) < 4.78 is 22.8. The van der Waals surface area contributed by atoms with Crippen molar-refractivity contribution < 1.29 is 33.3 Å². The van der Waals surface area contributed by atoms with Crippen LogP contribution >= 0.6 is 0 Å². The smallest absolute Gasteiger partial charge is 0.466 e. The van der Waals surface area contributed by atoms with E-state index >= 15 is 0 Å². The van der Waals surface area contributed by atoms with Gasteiger partial charge in [0.15, 0.2) is 0 Å². The zero-order valence-electron chi connectivity index (χ0n) is 37.9. The third-order valence-corrected chi connectivity index (χ3v) is 11.1. The van der Waals surface area contributed by atoms with Crippen LogP contribution in [0.15, 0.2) is 0 Å². The van der Waals surface area contributed by atoms with Gasteiger partial charge in [-0.25, -0.2) is 4.79 Å². The fraction of sp³-hybridized carbons (Fsp3) is 0.936. The minimum absolute atomic E-state index is 0.00866. The molecule has 0 spiro atoms. The molecule has 332 valence electrons. The van der Waals surface area contributed by atoms with E-state index in [4.69, 9.17) is 18.9 Å². The van der Waals surface area contributed by atoms with E-state index in [0.29, 0.717) is 32.7 Å². The molecule has 9 heteroatoms. The van der Waals surface area contributed by atoms with Gasteiger partial charge in [0.05, 0.1) is 12.5 Å². The highest BCUT2D eigenvalue weighted by atomic mass is 16.7. The van der Waals surface area contributed by atoms with Crippen LogP contribution < -0.4 is 0 Å². The molecule has 0 heterocycles. The fourth-order valence-electron chi connectivity index (χ4n) is 7.18. The first-order chi connectivity index (χ1) is 27.3. The van der Waals surface area contributed by atoms with Gasteiger partial charge >= 0.3 is 18.1 Å². The van der Waals surface area contributed by atoms with Gasteiger partial charge in [0, 0.05) is 32.6 Å². The Kier molecular flexibility index (Phi) is 39.9. The molecule has 0 fully saturated rings. The Labute approximate surface area is 346 Å². The molecule has 0 aromatic rings. The van der Waals surface area contributed by atoms with Crippen molar-refractivity contribution in [2.75, 3.05) is 59.1 Å². The summed E-state index contributed by atoms with van der Waals surface area (Å²) >= 11 is 0. The maximum atomic E-state index is 13.1. The van der Waals surface area contributed by atoms with E-state index in [2.05, 4.69) is 51.3 Å². The number of carbonyl (C=O) groups excluding carboxylic acids is 3. The summed E-state index contributed by atoms with van der Waals surface area (Å²) in [6.45, 7) is 19.2. The minimum atomic E-state index is -0.578. The zero-order chi connectivity index (χ0) is 41.3. The maximum Gasteiger partial charge on any atom is 0.508 e. The van der Waals surface area contributed by atoms with Crippen LogP contribution in [0.25, 0.3) is 0 Å². The van der Waals surface area contributed by atoms with Gasteiger partial charge in [-0.05, 0) is 64.5 Å². The molecule has 2 atom stereocenters. The highest BCUT2D eigenvalue weighted by Crippen LogP contribution is 2.20. The number of hydrogen-bond donors (Lipinski definition) is 0. The van der Waals surface area contributed by atoms with E-state index in [1.54, 1.807) is 0 Å². The van der Waals surface area contributed by atoms with Gasteiger partial charge in [-0.1, -0.05) is 157 Å². The van der Waals surface area contributed by atoms with Crippen molar-refractivity contribution in [3.8, 4) is 0 Å². The molecule has 0 N–H and O–H groups in total. The molecular weight excluding hydrogens is 705 g/mol. The van der Waals surface area contributed by atoms with Crippen molar-refractivity contribution in [3.63, 3.8) is 0 Å². The van der Waals surface area contributed by atoms with Crippen LogP contribution in [-0.4, -0.2) is 93.1 Å². The van der Waals surface area contributed by atoms with Gasteiger partial charge in [-0.15, -0.1) is 0 Å². The van der Waals surface area contributed by atoms with Crippen LogP contribution in [0.1, 0.15) is 215 Å². The van der Waals surface area contributed by atoms with Crippen LogP contribution in [0, 0.1) is 5.92 Å². The Morgan fingerprint density at radius 2 is 0.893 bits per heavy atom. The van der Waals surface area contributed by atoms with Crippen LogP contribution in [0.3, 0.4) is 0 Å². The van der Waals surface area contributed by atoms with Crippen molar-refractivity contribution in [3.05, 3.63) is 0 Å². The average Bonchev–Trinajstić information content (AvgIpc) is 3.19. The largest absolute Gasteiger partial charge is 0.508 e. The second-order valence-electron chi connectivity index (χ2n) is 16.1. The zero-order valence-corrected chi connectivity index (χ0v) is 37.9. The number of carbonyl (C=O) groups is 3. The van der Waals surface area contributed by atoms with E-state index in [-0.39, 0.29) is 30.6 Å². The highest BCUT2D eigenvalue weighted by molar-refractivity contribution is 5.72. The molecule has 0 saturated carbocycles. The van der Waals surface area contributed by atoms with Crippen molar-refractivity contribution in [2.24, 2.45) is 5.92 Å². The van der Waals surface area contributed by atoms with Gasteiger partial charge in [0.1, 0.15) is 19.3 Å². The number of ether oxygens (including phenoxy) is 4. The first-order valence-corrected chi connectivity index (χ1v) is 23.9. The van der Waals surface area contributed by atoms with Crippen molar-refractivity contribution >= 4 is 18.1 Å². The summed E-state index contributed by atoms with van der Waals surface area (Å²) in [6.07, 6.45) is 28.2. The van der Waals surface area contributed by atoms with Crippen LogP contribution in [-0.2, 0) is 28.5 Å². The molecule has 56 heavy (non-hydrogen) atoms. The monoisotopic (exact) mass is 797 g/mol. The lowest BCUT2D eigenvalue weighted by atomic mass is 9.95. The molecular formula is C47H92N2O7. The Morgan fingerprint density at radius 1 is 0.429 bits per heavy atom. The van der Waals surface area contributed by atoms with E-state index in [0.717, 1.165) is 135 Å². The standard InChI is InChI=1S/C47H92N2O7/c1-7-13-17-20-25-30-40-53-45(50)35-29-24-22-21-23-28-34-44(33-27-19-15-9-3)56-47(52)55-42-39-49(37-36-48(11-5)12-6)38-41-54-46(51)43(31-16-10-4)32-26-18-14-8-2/h43-44H,7-42H2,1-6H3. The molecule has 0 bridgehead atoms. The third-order valence-electron chi connectivity index (χ3n) is 11.1. The normalized spacial score (nSPS) is 12.6. The lowest BCUT2D eigenvalue weighted by Crippen LogP contribution is -2.39. The summed E-state index contributed by atoms with van der Waals surface area (Å²) in [4.78, 5) is 42.6. The van der Waals surface area contributed by atoms with Crippen LogP contribution in [0.2, 0.25) is 0 Å². The van der Waals surface area contributed by atoms with Gasteiger partial charge in [0.2, 0.25) is 0 Å². The lowest BCUT2D eigenvalue weighted by molar-refractivity contribution is -0.149. The molecule has 0 rings (SSSR count). The summed E-state index contributed by atoms with van der Waals surface area (Å²) in [5, 5.41) is 0. The number of nitrogens with zero attached hydrogens (tertiary/aromatic N) is 2. The maximum absolute atomic E-state index is 13.1. The SMILES string of the molecule is CCCCCCCCOC(=O)CCCCCCCCC(CCCCCC)OC(=O)OCCN(CCOC(=O)C(CCCC)CCCCCC)CCN(CC)CC. The van der Waals surface area contributed by atoms with Crippen molar-refractivity contribution in [1.29, 1.82) is 0 Å². The van der Waals surface area contributed by atoms with Crippen LogP contribution in [0.4, 0.5) is 4.79 Å². The third kappa shape index (κ3) is 34.2. The first kappa shape index (κ1) is 54.1. The average molecular weight is 797 g/mol. The number of unbranched alkanes of at least 4 members (excludes halogenated alkanes) is 17. The second-order valence-corrected chi connectivity index (χ2v) is 16.1. The molecule has 0 aliphatic rings. The van der Waals surface area contributed by atoms with Gasteiger partial charge in [-0.3, -0.25) is 14.5 Å². The predicted molar refractivity (Wildman–Crippen MR) is 233 cm³/mol. The lowest BCUT2D eigenvalue weighted by Gasteiger charge is -2.26. The predicted octanol–water partition coefficient (Wildman–Crippen LogP) is 12.5. The Hall–Kier alpha value is -1.87. The molecule has 0 aliphatic heterocycles. The fourth-order valence-corrected chi connectivity index (χ4v) is 7.18. The Balaban J connectivity index is 4.71. The molecule has 0 amide bonds. The quantitative estimate of drug-likeness (QED) is 0.0340. The Morgan fingerprint density at radius 3 is 1.48 bits per heavy atom. The van der Waals surface area contributed by atoms with E-state index < -0.39 is 6.16 Å². The van der Waals surface area contributed by atoms with E-state index in [1.165, 1.54) is 57.8 Å². The molecule has 0 aromatic carbocycles. The number of likely N-dealkylation sites (N-methyl/N-ethyl adjacent to an activating group) is 1. The van der Waals surface area contributed by atoms with Gasteiger partial charge < -0.3 is 23.8 Å². The van der Waals surface area contributed by atoms with Crippen molar-refractivity contribution in [1.82, 2.24) is 9.80 Å². The minimum Gasteiger partial charge on any atom is -0.466 e. The highest BCUT2D eigenvalue weighted by Gasteiger charge is 2.20. The summed E-state index contributed by atoms with van der Waals surface area (Å²) in [6, 6.07) is 0. The number of esters is 2. The van der Waals surface area contributed by atoms with Crippen LogP contribution in [0.5, 0.6) is 0 Å². The Bertz CT molecular complexity index is 885. The van der Waals surface area contributed by atoms with E-state index in [9.17, 15) is 14.4 Å². The first-order valence-electron chi connectivity index (χ1n) is 23.9. The number of rotatable bonds is 42. The summed E-state index contributed by atoms with van der Waals surface area (Å²) in [5.74, 6) is -0.119. The second kappa shape index (κ2) is 41.3. The molecule has 0 aromatic heterocycles. The molecule has 0 saturated heterocycles. The van der Waals surface area contributed by atoms with Gasteiger partial charge in [0.25, 0.3) is 0 Å². The molecule has 0 radical (unpaired) electrons. The topological polar surface area (TPSA) is 94.6 Å². The molecule has 9 nitrogen and oxygen atoms in total. The molecule has 2 unspecified atom stereocenters.